The molecule has 2 unspecified atom stereocenters. The van der Waals surface area contributed by atoms with Crippen LogP contribution in [0.4, 0.5) is 0 Å². The van der Waals surface area contributed by atoms with Crippen LogP contribution in [-0.4, -0.2) is 34.3 Å². The fourth-order valence-corrected chi connectivity index (χ4v) is 5.09. The van der Waals surface area contributed by atoms with Crippen molar-refractivity contribution in [3.05, 3.63) is 95.1 Å². The molecule has 0 saturated heterocycles. The lowest BCUT2D eigenvalue weighted by Gasteiger charge is -2.31. The van der Waals surface area contributed by atoms with Crippen molar-refractivity contribution in [3.63, 3.8) is 0 Å². The Hall–Kier alpha value is -3.86. The number of aryl methyl sites for hydroxylation is 1. The highest BCUT2D eigenvalue weighted by atomic mass is 16.2. The summed E-state index contributed by atoms with van der Waals surface area (Å²) in [6.07, 6.45) is 1.91. The van der Waals surface area contributed by atoms with E-state index in [-0.39, 0.29) is 17.9 Å². The average molecular weight is 466 g/mol. The molecule has 35 heavy (non-hydrogen) atoms. The minimum atomic E-state index is -0.615. The Morgan fingerprint density at radius 1 is 1.03 bits per heavy atom. The van der Waals surface area contributed by atoms with Crippen molar-refractivity contribution in [2.45, 2.75) is 45.7 Å². The zero-order valence-corrected chi connectivity index (χ0v) is 20.5. The summed E-state index contributed by atoms with van der Waals surface area (Å²) in [7, 11) is 0. The minimum Gasteiger partial charge on any atom is -0.354 e. The van der Waals surface area contributed by atoms with E-state index in [2.05, 4.69) is 60.5 Å². The topological polar surface area (TPSA) is 65.2 Å². The second kappa shape index (κ2) is 9.41. The van der Waals surface area contributed by atoms with Crippen LogP contribution in [0.25, 0.3) is 22.2 Å². The number of benzene rings is 3. The van der Waals surface area contributed by atoms with Gasteiger partial charge in [-0.25, -0.2) is 0 Å². The lowest BCUT2D eigenvalue weighted by Crippen LogP contribution is -2.47. The molecular formula is C30H31N3O2. The molecule has 0 fully saturated rings. The van der Waals surface area contributed by atoms with E-state index in [0.29, 0.717) is 12.1 Å². The van der Waals surface area contributed by atoms with Gasteiger partial charge in [0, 0.05) is 28.6 Å². The van der Waals surface area contributed by atoms with Crippen molar-refractivity contribution in [2.24, 2.45) is 0 Å². The average Bonchev–Trinajstić information content (AvgIpc) is 3.39. The predicted octanol–water partition coefficient (Wildman–Crippen LogP) is 5.99. The van der Waals surface area contributed by atoms with Gasteiger partial charge in [0.1, 0.15) is 6.04 Å². The van der Waals surface area contributed by atoms with Crippen LogP contribution in [0.3, 0.4) is 0 Å². The summed E-state index contributed by atoms with van der Waals surface area (Å²) in [5.41, 5.74) is 6.84. The molecular weight excluding hydrogens is 434 g/mol. The van der Waals surface area contributed by atoms with Crippen LogP contribution < -0.4 is 5.32 Å². The molecule has 0 saturated carbocycles. The van der Waals surface area contributed by atoms with E-state index in [1.807, 2.05) is 43.3 Å². The van der Waals surface area contributed by atoms with Crippen LogP contribution in [0.1, 0.15) is 59.8 Å². The zero-order chi connectivity index (χ0) is 24.5. The molecule has 0 spiro atoms. The molecule has 1 aliphatic rings. The molecule has 5 heteroatoms. The van der Waals surface area contributed by atoms with E-state index < -0.39 is 6.04 Å². The van der Waals surface area contributed by atoms with E-state index in [4.69, 9.17) is 0 Å². The number of fused-ring (bicyclic) bond motifs is 2. The Labute approximate surface area is 206 Å². The summed E-state index contributed by atoms with van der Waals surface area (Å²) in [5, 5.41) is 4.08. The van der Waals surface area contributed by atoms with Crippen LogP contribution in [0.5, 0.6) is 0 Å². The number of aromatic amines is 1. The number of amides is 2. The first-order valence-corrected chi connectivity index (χ1v) is 12.4. The van der Waals surface area contributed by atoms with Gasteiger partial charge in [0.25, 0.3) is 5.91 Å². The SMILES string of the molecule is CCCCNC(=O)C(C)N1C(=O)c2ccccc2C1c1c(-c2ccc(C)cc2)[nH]c2ccccc12. The number of nitrogens with one attached hydrogen (secondary N) is 2. The van der Waals surface area contributed by atoms with Crippen LogP contribution in [-0.2, 0) is 4.79 Å². The first-order chi connectivity index (χ1) is 17.0. The number of unbranched alkanes of at least 4 members (excludes halogenated alkanes) is 1. The van der Waals surface area contributed by atoms with Gasteiger partial charge in [0.15, 0.2) is 0 Å². The normalized spacial score (nSPS) is 15.9. The highest BCUT2D eigenvalue weighted by molar-refractivity contribution is 6.04. The molecule has 2 N–H and O–H groups in total. The van der Waals surface area contributed by atoms with Gasteiger partial charge in [0.05, 0.1) is 11.7 Å². The summed E-state index contributed by atoms with van der Waals surface area (Å²) >= 11 is 0. The van der Waals surface area contributed by atoms with Gasteiger partial charge >= 0.3 is 0 Å². The summed E-state index contributed by atoms with van der Waals surface area (Å²) in [4.78, 5) is 32.3. The van der Waals surface area contributed by atoms with Crippen LogP contribution >= 0.6 is 0 Å². The highest BCUT2D eigenvalue weighted by Crippen LogP contribution is 2.46. The summed E-state index contributed by atoms with van der Waals surface area (Å²) in [6, 6.07) is 23.3. The van der Waals surface area contributed by atoms with Crippen molar-refractivity contribution in [3.8, 4) is 11.3 Å². The van der Waals surface area contributed by atoms with Crippen LogP contribution in [0, 0.1) is 6.92 Å². The van der Waals surface area contributed by atoms with E-state index >= 15 is 0 Å². The number of carbonyl (C=O) groups excluding carboxylic acids is 2. The molecule has 0 bridgehead atoms. The van der Waals surface area contributed by atoms with Gasteiger partial charge in [0.2, 0.25) is 5.91 Å². The predicted molar refractivity (Wildman–Crippen MR) is 140 cm³/mol. The van der Waals surface area contributed by atoms with E-state index in [1.165, 1.54) is 5.56 Å². The Kier molecular flexibility index (Phi) is 6.16. The van der Waals surface area contributed by atoms with Crippen molar-refractivity contribution >= 4 is 22.7 Å². The lowest BCUT2D eigenvalue weighted by molar-refractivity contribution is -0.125. The number of hydrogen-bond donors (Lipinski definition) is 2. The molecule has 0 aliphatic carbocycles. The number of H-pyrrole nitrogens is 1. The maximum Gasteiger partial charge on any atom is 0.255 e. The molecule has 3 aromatic carbocycles. The van der Waals surface area contributed by atoms with E-state index in [0.717, 1.165) is 46.1 Å². The number of nitrogens with zero attached hydrogens (tertiary/aromatic N) is 1. The highest BCUT2D eigenvalue weighted by Gasteiger charge is 2.44. The van der Waals surface area contributed by atoms with Gasteiger partial charge in [-0.2, -0.15) is 0 Å². The second-order valence-corrected chi connectivity index (χ2v) is 9.35. The van der Waals surface area contributed by atoms with Crippen molar-refractivity contribution in [1.82, 2.24) is 15.2 Å². The summed E-state index contributed by atoms with van der Waals surface area (Å²) in [6.45, 7) is 6.61. The number of para-hydroxylation sites is 1. The zero-order valence-electron chi connectivity index (χ0n) is 20.5. The molecule has 5 nitrogen and oxygen atoms in total. The number of hydrogen-bond acceptors (Lipinski definition) is 2. The summed E-state index contributed by atoms with van der Waals surface area (Å²) < 4.78 is 0. The third-order valence-corrected chi connectivity index (χ3v) is 6.98. The van der Waals surface area contributed by atoms with Crippen LogP contribution in [0.2, 0.25) is 0 Å². The standard InChI is InChI=1S/C30H31N3O2/c1-4-5-18-31-29(34)20(3)33-28(22-10-6-7-11-23(22)30(33)35)26-24-12-8-9-13-25(24)32-27(26)21-16-14-19(2)15-17-21/h6-17,20,28,32H,4-5,18H2,1-3H3,(H,31,34). The number of aromatic nitrogens is 1. The minimum absolute atomic E-state index is 0.108. The smallest absolute Gasteiger partial charge is 0.255 e. The molecule has 5 rings (SSSR count). The lowest BCUT2D eigenvalue weighted by atomic mass is 9.92. The van der Waals surface area contributed by atoms with E-state index in [9.17, 15) is 9.59 Å². The Morgan fingerprint density at radius 3 is 2.51 bits per heavy atom. The molecule has 0 radical (unpaired) electrons. The van der Waals surface area contributed by atoms with E-state index in [1.54, 1.807) is 4.90 Å². The molecule has 1 aromatic heterocycles. The third-order valence-electron chi connectivity index (χ3n) is 6.98. The monoisotopic (exact) mass is 465 g/mol. The second-order valence-electron chi connectivity index (χ2n) is 9.35. The Bertz CT molecular complexity index is 1390. The maximum absolute atomic E-state index is 13.7. The van der Waals surface area contributed by atoms with Crippen molar-refractivity contribution in [2.75, 3.05) is 6.54 Å². The quantitative estimate of drug-likeness (QED) is 0.329. The molecule has 1 aliphatic heterocycles. The fourth-order valence-electron chi connectivity index (χ4n) is 5.09. The molecule has 2 atom stereocenters. The summed E-state index contributed by atoms with van der Waals surface area (Å²) in [5.74, 6) is -0.231. The van der Waals surface area contributed by atoms with Gasteiger partial charge in [-0.3, -0.25) is 9.59 Å². The Morgan fingerprint density at radius 2 is 1.74 bits per heavy atom. The first kappa shape index (κ1) is 22.9. The molecule has 178 valence electrons. The largest absolute Gasteiger partial charge is 0.354 e. The maximum atomic E-state index is 13.7. The van der Waals surface area contributed by atoms with Gasteiger partial charge in [-0.15, -0.1) is 0 Å². The fraction of sp³-hybridized carbons (Fsp3) is 0.267. The Balaban J connectivity index is 1.69. The first-order valence-electron chi connectivity index (χ1n) is 12.4. The molecule has 4 aromatic rings. The van der Waals surface area contributed by atoms with Crippen molar-refractivity contribution < 1.29 is 9.59 Å². The number of carbonyl (C=O) groups is 2. The molecule has 2 amide bonds. The van der Waals surface area contributed by atoms with Crippen molar-refractivity contribution in [1.29, 1.82) is 0 Å². The van der Waals surface area contributed by atoms with Gasteiger partial charge < -0.3 is 15.2 Å². The molecule has 2 heterocycles. The van der Waals surface area contributed by atoms with Gasteiger partial charge in [-0.1, -0.05) is 79.6 Å². The number of rotatable bonds is 7. The third kappa shape index (κ3) is 4.01. The van der Waals surface area contributed by atoms with Crippen LogP contribution in [0.15, 0.2) is 72.8 Å². The van der Waals surface area contributed by atoms with Gasteiger partial charge in [-0.05, 0) is 43.5 Å².